The lowest BCUT2D eigenvalue weighted by molar-refractivity contribution is 0.0962. The van der Waals surface area contributed by atoms with E-state index in [4.69, 9.17) is 0 Å². The number of amides is 1. The molecule has 0 aliphatic heterocycles. The van der Waals surface area contributed by atoms with Gasteiger partial charge in [-0.1, -0.05) is 6.07 Å². The van der Waals surface area contributed by atoms with Gasteiger partial charge in [0.25, 0.3) is 5.91 Å². The molecule has 0 spiro atoms. The summed E-state index contributed by atoms with van der Waals surface area (Å²) in [5.74, 6) is -4.47. The fraction of sp³-hybridized carbons (Fsp3) is 0.0435. The van der Waals surface area contributed by atoms with E-state index in [1.54, 1.807) is 0 Å². The first-order chi connectivity index (χ1) is 14.8. The van der Waals surface area contributed by atoms with Crippen molar-refractivity contribution in [2.24, 2.45) is 0 Å². The van der Waals surface area contributed by atoms with E-state index in [0.717, 1.165) is 24.3 Å². The van der Waals surface area contributed by atoms with Crippen molar-refractivity contribution in [2.75, 3.05) is 7.05 Å². The maximum Gasteiger partial charge on any atom is 0.251 e. The second-order valence-corrected chi connectivity index (χ2v) is 6.74. The first-order valence-corrected chi connectivity index (χ1v) is 9.13. The third-order valence-corrected chi connectivity index (χ3v) is 4.89. The molecule has 4 rings (SSSR count). The molecule has 0 unspecified atom stereocenters. The quantitative estimate of drug-likeness (QED) is 0.489. The van der Waals surface area contributed by atoms with E-state index < -0.39 is 40.2 Å². The molecule has 0 saturated heterocycles. The average Bonchev–Trinajstić information content (AvgIpc) is 2.73. The number of hydrogen-bond acceptors (Lipinski definition) is 2. The number of carbonyl (C=O) groups excluding carboxylic acids is 1. The molecule has 4 nitrogen and oxygen atoms in total. The predicted octanol–water partition coefficient (Wildman–Crippen LogP) is 4.55. The van der Waals surface area contributed by atoms with Crippen molar-refractivity contribution >= 4 is 11.4 Å². The highest BCUT2D eigenvalue weighted by Crippen LogP contribution is 2.31. The molecule has 156 valence electrons. The van der Waals surface area contributed by atoms with Gasteiger partial charge in [-0.2, -0.15) is 0 Å². The summed E-state index contributed by atoms with van der Waals surface area (Å²) in [6, 6.07) is 10.3. The maximum absolute atomic E-state index is 14.9. The van der Waals surface area contributed by atoms with Gasteiger partial charge in [-0.3, -0.25) is 9.59 Å². The lowest BCUT2D eigenvalue weighted by Crippen LogP contribution is -2.19. The van der Waals surface area contributed by atoms with Crippen LogP contribution in [0.25, 0.3) is 27.9 Å². The largest absolute Gasteiger partial charge is 0.355 e. The molecule has 8 heteroatoms. The molecule has 0 fully saturated rings. The van der Waals surface area contributed by atoms with E-state index in [2.05, 4.69) is 5.32 Å². The predicted molar refractivity (Wildman–Crippen MR) is 108 cm³/mol. The first-order valence-electron chi connectivity index (χ1n) is 9.13. The van der Waals surface area contributed by atoms with Crippen molar-refractivity contribution in [3.63, 3.8) is 0 Å². The lowest BCUT2D eigenvalue weighted by Gasteiger charge is -2.14. The topological polar surface area (TPSA) is 50.6 Å². The van der Waals surface area contributed by atoms with Gasteiger partial charge in [-0.15, -0.1) is 0 Å². The van der Waals surface area contributed by atoms with Crippen molar-refractivity contribution in [1.82, 2.24) is 9.72 Å². The van der Waals surface area contributed by atoms with Crippen molar-refractivity contribution in [2.45, 2.75) is 0 Å². The van der Waals surface area contributed by atoms with Gasteiger partial charge in [-0.05, 0) is 36.4 Å². The monoisotopic (exact) mass is 426 g/mol. The first kappa shape index (κ1) is 20.3. The van der Waals surface area contributed by atoms with Crippen molar-refractivity contribution in [1.29, 1.82) is 0 Å². The number of nitrogens with zero attached hydrogens (tertiary/aromatic N) is 1. The van der Waals surface area contributed by atoms with Gasteiger partial charge in [0.1, 0.15) is 23.3 Å². The van der Waals surface area contributed by atoms with E-state index in [1.165, 1.54) is 41.9 Å². The maximum atomic E-state index is 14.9. The molecular weight excluding hydrogens is 412 g/mol. The molecule has 4 aromatic rings. The molecular formula is C23H14F4N2O2. The summed E-state index contributed by atoms with van der Waals surface area (Å²) in [7, 11) is 1.32. The summed E-state index contributed by atoms with van der Waals surface area (Å²) in [5.41, 5.74) is -1.40. The second kappa shape index (κ2) is 7.71. The van der Waals surface area contributed by atoms with E-state index in [-0.39, 0.29) is 27.9 Å². The minimum atomic E-state index is -1.10. The van der Waals surface area contributed by atoms with Crippen LogP contribution < -0.4 is 10.7 Å². The van der Waals surface area contributed by atoms with Crippen LogP contribution in [0.2, 0.25) is 0 Å². The van der Waals surface area contributed by atoms with E-state index in [9.17, 15) is 27.2 Å². The zero-order chi connectivity index (χ0) is 22.3. The smallest absolute Gasteiger partial charge is 0.251 e. The summed E-state index contributed by atoms with van der Waals surface area (Å²) in [6.45, 7) is 0. The molecule has 0 aliphatic rings. The van der Waals surface area contributed by atoms with Gasteiger partial charge in [0.05, 0.1) is 22.3 Å². The Kier molecular flexibility index (Phi) is 5.06. The highest BCUT2D eigenvalue weighted by Gasteiger charge is 2.21. The number of nitrogens with one attached hydrogen (secondary N) is 1. The fourth-order valence-electron chi connectivity index (χ4n) is 3.49. The molecule has 2 aromatic carbocycles. The molecule has 0 aliphatic carbocycles. The van der Waals surface area contributed by atoms with Gasteiger partial charge < -0.3 is 9.72 Å². The third-order valence-electron chi connectivity index (χ3n) is 4.89. The van der Waals surface area contributed by atoms with E-state index in [1.807, 2.05) is 0 Å². The highest BCUT2D eigenvalue weighted by atomic mass is 19.1. The Labute approximate surface area is 173 Å². The molecule has 0 atom stereocenters. The van der Waals surface area contributed by atoms with E-state index >= 15 is 0 Å². The Morgan fingerprint density at radius 2 is 1.58 bits per heavy atom. The number of fused-ring (bicyclic) bond motifs is 1. The van der Waals surface area contributed by atoms with Crippen LogP contribution in [0.4, 0.5) is 17.6 Å². The number of carbonyl (C=O) groups is 1. The Hall–Kier alpha value is -3.94. The van der Waals surface area contributed by atoms with Crippen LogP contribution >= 0.6 is 0 Å². The Morgan fingerprint density at radius 1 is 0.871 bits per heavy atom. The number of hydrogen-bond donors (Lipinski definition) is 1. The van der Waals surface area contributed by atoms with Crippen LogP contribution in [0, 0.1) is 23.3 Å². The lowest BCUT2D eigenvalue weighted by atomic mass is 10.00. The molecule has 2 heterocycles. The number of halogens is 4. The SMILES string of the molecule is CNC(=O)c1cc(F)c(-c2c(=O)ccn3c(-c4ccc(F)cc4F)cccc23)c(F)c1. The van der Waals surface area contributed by atoms with Crippen LogP contribution in [0.3, 0.4) is 0 Å². The summed E-state index contributed by atoms with van der Waals surface area (Å²) in [4.78, 5) is 24.4. The number of pyridine rings is 2. The van der Waals surface area contributed by atoms with Gasteiger partial charge in [0.2, 0.25) is 0 Å². The summed E-state index contributed by atoms with van der Waals surface area (Å²) < 4.78 is 58.8. The molecule has 1 N–H and O–H groups in total. The second-order valence-electron chi connectivity index (χ2n) is 6.74. The molecule has 2 aromatic heterocycles. The summed E-state index contributed by atoms with van der Waals surface area (Å²) in [6.07, 6.45) is 1.34. The third kappa shape index (κ3) is 3.46. The summed E-state index contributed by atoms with van der Waals surface area (Å²) >= 11 is 0. The Balaban J connectivity index is 2.02. The fourth-order valence-corrected chi connectivity index (χ4v) is 3.49. The van der Waals surface area contributed by atoms with E-state index in [0.29, 0.717) is 6.07 Å². The average molecular weight is 426 g/mol. The van der Waals surface area contributed by atoms with Crippen LogP contribution in [0.1, 0.15) is 10.4 Å². The normalized spacial score (nSPS) is 11.0. The Bertz CT molecular complexity index is 1390. The minimum absolute atomic E-state index is 0.0394. The zero-order valence-electron chi connectivity index (χ0n) is 16.0. The van der Waals surface area contributed by atoms with Crippen molar-refractivity contribution < 1.29 is 22.4 Å². The van der Waals surface area contributed by atoms with Crippen LogP contribution in [0.15, 0.2) is 65.6 Å². The van der Waals surface area contributed by atoms with Gasteiger partial charge in [0.15, 0.2) is 5.43 Å². The molecule has 0 bridgehead atoms. The highest BCUT2D eigenvalue weighted by molar-refractivity contribution is 5.95. The number of rotatable bonds is 3. The molecule has 0 saturated carbocycles. The Morgan fingerprint density at radius 3 is 2.23 bits per heavy atom. The van der Waals surface area contributed by atoms with Gasteiger partial charge in [0, 0.05) is 36.5 Å². The minimum Gasteiger partial charge on any atom is -0.355 e. The molecule has 31 heavy (non-hydrogen) atoms. The van der Waals surface area contributed by atoms with Crippen molar-refractivity contribution in [3.05, 3.63) is 99.8 Å². The standard InChI is InChI=1S/C23H14F4N2O2/c1-28-23(31)12-9-16(26)21(17(27)10-12)22-19-4-2-3-18(29(19)8-7-20(22)30)14-6-5-13(24)11-15(14)25/h2-11H,1H3,(H,28,31). The van der Waals surface area contributed by atoms with Crippen LogP contribution in [0.5, 0.6) is 0 Å². The van der Waals surface area contributed by atoms with Crippen LogP contribution in [-0.2, 0) is 0 Å². The number of aromatic nitrogens is 1. The van der Waals surface area contributed by atoms with Gasteiger partial charge >= 0.3 is 0 Å². The zero-order valence-corrected chi connectivity index (χ0v) is 16.0. The molecule has 0 radical (unpaired) electrons. The summed E-state index contributed by atoms with van der Waals surface area (Å²) in [5, 5.41) is 2.27. The van der Waals surface area contributed by atoms with Crippen LogP contribution in [-0.4, -0.2) is 17.4 Å². The van der Waals surface area contributed by atoms with Gasteiger partial charge in [-0.25, -0.2) is 17.6 Å². The molecule has 1 amide bonds. The number of benzene rings is 2. The van der Waals surface area contributed by atoms with Crippen molar-refractivity contribution in [3.8, 4) is 22.4 Å².